The van der Waals surface area contributed by atoms with E-state index in [9.17, 15) is 0 Å². The van der Waals surface area contributed by atoms with Crippen molar-refractivity contribution in [3.63, 3.8) is 0 Å². The van der Waals surface area contributed by atoms with Crippen LogP contribution in [0.3, 0.4) is 0 Å². The summed E-state index contributed by atoms with van der Waals surface area (Å²) in [6, 6.07) is 8.78. The van der Waals surface area contributed by atoms with Gasteiger partial charge in [-0.3, -0.25) is 0 Å². The van der Waals surface area contributed by atoms with Crippen LogP contribution in [0, 0.1) is 5.92 Å². The predicted octanol–water partition coefficient (Wildman–Crippen LogP) is 3.66. The largest absolute Gasteiger partial charge is 0.316 e. The van der Waals surface area contributed by atoms with Crippen molar-refractivity contribution in [2.24, 2.45) is 5.92 Å². The highest BCUT2D eigenvalue weighted by Crippen LogP contribution is 2.30. The predicted molar refractivity (Wildman–Crippen MR) is 70.0 cm³/mol. The van der Waals surface area contributed by atoms with E-state index >= 15 is 0 Å². The minimum Gasteiger partial charge on any atom is -0.316 e. The van der Waals surface area contributed by atoms with Crippen molar-refractivity contribution in [1.82, 2.24) is 5.32 Å². The minimum absolute atomic E-state index is 0.586. The monoisotopic (exact) mass is 237 g/mol. The maximum absolute atomic E-state index is 6.20. The third-order valence-corrected chi connectivity index (χ3v) is 4.11. The van der Waals surface area contributed by atoms with E-state index in [-0.39, 0.29) is 0 Å². The second-order valence-electron chi connectivity index (χ2n) is 4.74. The number of hydrogen-bond donors (Lipinski definition) is 1. The van der Waals surface area contributed by atoms with Crippen LogP contribution in [0.2, 0.25) is 5.02 Å². The molecule has 1 atom stereocenters. The number of rotatable bonds is 4. The van der Waals surface area contributed by atoms with Gasteiger partial charge in [-0.15, -0.1) is 0 Å². The summed E-state index contributed by atoms with van der Waals surface area (Å²) < 4.78 is 0. The fraction of sp³-hybridized carbons (Fsp3) is 0.571. The molecule has 1 N–H and O–H groups in total. The zero-order valence-corrected chi connectivity index (χ0v) is 10.6. The zero-order chi connectivity index (χ0) is 11.4. The van der Waals surface area contributed by atoms with Crippen LogP contribution < -0.4 is 5.32 Å². The van der Waals surface area contributed by atoms with Crippen molar-refractivity contribution in [2.75, 3.05) is 7.05 Å². The Morgan fingerprint density at radius 3 is 2.62 bits per heavy atom. The van der Waals surface area contributed by atoms with Gasteiger partial charge >= 0.3 is 0 Å². The van der Waals surface area contributed by atoms with Crippen LogP contribution in [0.1, 0.15) is 31.2 Å². The normalized spacial score (nSPS) is 18.9. The van der Waals surface area contributed by atoms with Crippen molar-refractivity contribution in [3.8, 4) is 0 Å². The molecule has 0 aromatic heterocycles. The van der Waals surface area contributed by atoms with Crippen molar-refractivity contribution in [1.29, 1.82) is 0 Å². The molecule has 0 bridgehead atoms. The summed E-state index contributed by atoms with van der Waals surface area (Å²) in [5.74, 6) is 0.835. The molecule has 2 rings (SSSR count). The lowest BCUT2D eigenvalue weighted by Gasteiger charge is -2.23. The van der Waals surface area contributed by atoms with Gasteiger partial charge < -0.3 is 5.32 Å². The molecule has 1 fully saturated rings. The Kier molecular flexibility index (Phi) is 4.25. The number of nitrogens with one attached hydrogen (secondary N) is 1. The minimum atomic E-state index is 0.586. The highest BCUT2D eigenvalue weighted by Gasteiger charge is 2.24. The summed E-state index contributed by atoms with van der Waals surface area (Å²) in [7, 11) is 2.07. The zero-order valence-electron chi connectivity index (χ0n) is 9.88. The fourth-order valence-electron chi connectivity index (χ4n) is 2.77. The molecule has 1 nitrogen and oxygen atoms in total. The summed E-state index contributed by atoms with van der Waals surface area (Å²) in [6.07, 6.45) is 6.59. The quantitative estimate of drug-likeness (QED) is 0.843. The smallest absolute Gasteiger partial charge is 0.0438 e. The van der Waals surface area contributed by atoms with Gasteiger partial charge in [0.05, 0.1) is 0 Å². The molecule has 0 amide bonds. The Bertz CT molecular complexity index is 331. The van der Waals surface area contributed by atoms with Gasteiger partial charge in [-0.1, -0.05) is 42.6 Å². The Morgan fingerprint density at radius 1 is 1.31 bits per heavy atom. The lowest BCUT2D eigenvalue weighted by Crippen LogP contribution is -2.34. The van der Waals surface area contributed by atoms with Crippen LogP contribution in [0.25, 0.3) is 0 Å². The summed E-state index contributed by atoms with van der Waals surface area (Å²) in [5.41, 5.74) is 1.27. The highest BCUT2D eigenvalue weighted by atomic mass is 35.5. The lowest BCUT2D eigenvalue weighted by atomic mass is 9.92. The van der Waals surface area contributed by atoms with Crippen LogP contribution in [0.4, 0.5) is 0 Å². The van der Waals surface area contributed by atoms with Crippen molar-refractivity contribution >= 4 is 11.6 Å². The van der Waals surface area contributed by atoms with Crippen LogP contribution in [0.15, 0.2) is 24.3 Å². The molecule has 88 valence electrons. The third-order valence-electron chi connectivity index (χ3n) is 3.74. The van der Waals surface area contributed by atoms with Crippen molar-refractivity contribution in [3.05, 3.63) is 34.9 Å². The van der Waals surface area contributed by atoms with Gasteiger partial charge in [0.25, 0.3) is 0 Å². The molecule has 1 aromatic carbocycles. The first-order chi connectivity index (χ1) is 7.81. The van der Waals surface area contributed by atoms with E-state index < -0.39 is 0 Å². The lowest BCUT2D eigenvalue weighted by molar-refractivity contribution is 0.377. The Hall–Kier alpha value is -0.530. The SMILES string of the molecule is CNC(Cc1ccccc1Cl)C1CCCC1. The van der Waals surface area contributed by atoms with E-state index in [1.165, 1.54) is 31.2 Å². The van der Waals surface area contributed by atoms with Crippen LogP contribution >= 0.6 is 11.6 Å². The standard InChI is InChI=1S/C14H20ClN/c1-16-14(11-6-2-3-7-11)10-12-8-4-5-9-13(12)15/h4-5,8-9,11,14,16H,2-3,6-7,10H2,1H3. The molecule has 1 aliphatic carbocycles. The van der Waals surface area contributed by atoms with E-state index in [4.69, 9.17) is 11.6 Å². The molecule has 0 spiro atoms. The third kappa shape index (κ3) is 2.78. The topological polar surface area (TPSA) is 12.0 Å². The molecule has 1 aliphatic rings. The van der Waals surface area contributed by atoms with Gasteiger partial charge in [-0.25, -0.2) is 0 Å². The van der Waals surface area contributed by atoms with Crippen LogP contribution in [-0.4, -0.2) is 13.1 Å². The van der Waals surface area contributed by atoms with Crippen molar-refractivity contribution in [2.45, 2.75) is 38.1 Å². The average Bonchev–Trinajstić information content (AvgIpc) is 2.81. The molecule has 0 heterocycles. The van der Waals surface area contributed by atoms with E-state index in [2.05, 4.69) is 24.5 Å². The van der Waals surface area contributed by atoms with E-state index in [1.807, 2.05) is 12.1 Å². The summed E-state index contributed by atoms with van der Waals surface area (Å²) in [5, 5.41) is 4.36. The van der Waals surface area contributed by atoms with E-state index in [0.717, 1.165) is 17.4 Å². The first-order valence-electron chi connectivity index (χ1n) is 6.22. The van der Waals surface area contributed by atoms with Gasteiger partial charge in [-0.2, -0.15) is 0 Å². The molecule has 0 radical (unpaired) electrons. The maximum atomic E-state index is 6.20. The van der Waals surface area contributed by atoms with Gasteiger partial charge in [0, 0.05) is 11.1 Å². The number of benzene rings is 1. The van der Waals surface area contributed by atoms with Gasteiger partial charge in [0.1, 0.15) is 0 Å². The number of likely N-dealkylation sites (N-methyl/N-ethyl adjacent to an activating group) is 1. The molecular formula is C14H20ClN. The first-order valence-corrected chi connectivity index (χ1v) is 6.59. The summed E-state index contributed by atoms with van der Waals surface area (Å²) in [4.78, 5) is 0. The highest BCUT2D eigenvalue weighted by molar-refractivity contribution is 6.31. The molecule has 1 unspecified atom stereocenters. The van der Waals surface area contributed by atoms with Crippen LogP contribution in [-0.2, 0) is 6.42 Å². The molecule has 1 saturated carbocycles. The number of halogens is 1. The molecule has 1 aromatic rings. The molecular weight excluding hydrogens is 218 g/mol. The fourth-order valence-corrected chi connectivity index (χ4v) is 2.98. The first kappa shape index (κ1) is 11.9. The Labute approximate surface area is 103 Å². The maximum Gasteiger partial charge on any atom is 0.0438 e. The second-order valence-corrected chi connectivity index (χ2v) is 5.14. The van der Waals surface area contributed by atoms with Gasteiger partial charge in [-0.05, 0) is 43.9 Å². The Morgan fingerprint density at radius 2 is 2.00 bits per heavy atom. The summed E-state index contributed by atoms with van der Waals surface area (Å²) in [6.45, 7) is 0. The van der Waals surface area contributed by atoms with Gasteiger partial charge in [0.2, 0.25) is 0 Å². The van der Waals surface area contributed by atoms with Gasteiger partial charge in [0.15, 0.2) is 0 Å². The molecule has 16 heavy (non-hydrogen) atoms. The Balaban J connectivity index is 2.03. The summed E-state index contributed by atoms with van der Waals surface area (Å²) >= 11 is 6.20. The molecule has 0 aliphatic heterocycles. The molecule has 0 saturated heterocycles. The van der Waals surface area contributed by atoms with E-state index in [1.54, 1.807) is 0 Å². The second kappa shape index (κ2) is 5.70. The molecule has 2 heteroatoms. The van der Waals surface area contributed by atoms with Crippen LogP contribution in [0.5, 0.6) is 0 Å². The van der Waals surface area contributed by atoms with E-state index in [0.29, 0.717) is 6.04 Å². The van der Waals surface area contributed by atoms with Crippen molar-refractivity contribution < 1.29 is 0 Å². The number of hydrogen-bond acceptors (Lipinski definition) is 1. The average molecular weight is 238 g/mol.